The molecule has 1 saturated heterocycles. The van der Waals surface area contributed by atoms with Crippen LogP contribution in [0, 0.1) is 0 Å². The summed E-state index contributed by atoms with van der Waals surface area (Å²) in [6, 6.07) is 5.05. The highest BCUT2D eigenvalue weighted by molar-refractivity contribution is 7.91. The summed E-state index contributed by atoms with van der Waals surface area (Å²) in [5.74, 6) is 0.0692. The summed E-state index contributed by atoms with van der Waals surface area (Å²) in [6.07, 6.45) is 1.19. The van der Waals surface area contributed by atoms with E-state index in [1.807, 2.05) is 6.07 Å². The summed E-state index contributed by atoms with van der Waals surface area (Å²) in [7, 11) is -1.50. The Morgan fingerprint density at radius 1 is 1.38 bits per heavy atom. The van der Waals surface area contributed by atoms with Crippen LogP contribution in [0.25, 0.3) is 0 Å². The van der Waals surface area contributed by atoms with Crippen LogP contribution in [0.1, 0.15) is 18.4 Å². The molecule has 0 spiro atoms. The van der Waals surface area contributed by atoms with Gasteiger partial charge < -0.3 is 9.64 Å². The van der Waals surface area contributed by atoms with E-state index in [0.717, 1.165) is 5.56 Å². The normalized spacial score (nSPS) is 19.4. The van der Waals surface area contributed by atoms with Gasteiger partial charge in [-0.2, -0.15) is 0 Å². The number of benzene rings is 1. The van der Waals surface area contributed by atoms with E-state index in [0.29, 0.717) is 36.0 Å². The first kappa shape index (κ1) is 19.5. The van der Waals surface area contributed by atoms with Crippen LogP contribution >= 0.6 is 23.2 Å². The first-order valence-electron chi connectivity index (χ1n) is 7.76. The van der Waals surface area contributed by atoms with E-state index in [1.165, 1.54) is 0 Å². The molecule has 1 atom stereocenters. The Morgan fingerprint density at radius 3 is 2.75 bits per heavy atom. The summed E-state index contributed by atoms with van der Waals surface area (Å²) in [5.41, 5.74) is 0.809. The predicted molar refractivity (Wildman–Crippen MR) is 95.4 cm³/mol. The summed E-state index contributed by atoms with van der Waals surface area (Å²) >= 11 is 12.1. The number of hydrogen-bond acceptors (Lipinski definition) is 4. The van der Waals surface area contributed by atoms with Crippen molar-refractivity contribution in [3.63, 3.8) is 0 Å². The smallest absolute Gasteiger partial charge is 0.223 e. The van der Waals surface area contributed by atoms with Gasteiger partial charge in [-0.3, -0.25) is 4.79 Å². The molecule has 0 N–H and O–H groups in total. The monoisotopic (exact) mass is 393 g/mol. The van der Waals surface area contributed by atoms with Gasteiger partial charge in [0.25, 0.3) is 0 Å². The van der Waals surface area contributed by atoms with Crippen LogP contribution < -0.4 is 0 Å². The van der Waals surface area contributed by atoms with Gasteiger partial charge in [-0.25, -0.2) is 8.42 Å². The zero-order valence-electron chi connectivity index (χ0n) is 13.5. The quantitative estimate of drug-likeness (QED) is 0.713. The van der Waals surface area contributed by atoms with Gasteiger partial charge in [-0.05, 0) is 24.5 Å². The number of amides is 1. The highest BCUT2D eigenvalue weighted by Gasteiger charge is 2.34. The van der Waals surface area contributed by atoms with Crippen LogP contribution in [0.2, 0.25) is 10.0 Å². The Balaban J connectivity index is 2.03. The number of nitrogens with zero attached hydrogens (tertiary/aromatic N) is 1. The lowest BCUT2D eigenvalue weighted by Gasteiger charge is -2.28. The van der Waals surface area contributed by atoms with Gasteiger partial charge in [-0.1, -0.05) is 35.3 Å². The molecule has 0 saturated carbocycles. The third-order valence-electron chi connectivity index (χ3n) is 4.15. The second-order valence-electron chi connectivity index (χ2n) is 5.85. The molecular weight excluding hydrogens is 373 g/mol. The second kappa shape index (κ2) is 8.52. The van der Waals surface area contributed by atoms with E-state index in [9.17, 15) is 13.2 Å². The molecular formula is C16H21Cl2NO4S. The Hall–Kier alpha value is -0.820. The molecule has 0 bridgehead atoms. The Bertz CT molecular complexity index is 693. The summed E-state index contributed by atoms with van der Waals surface area (Å²) < 4.78 is 28.5. The van der Waals surface area contributed by atoms with Gasteiger partial charge >= 0.3 is 0 Å². The third kappa shape index (κ3) is 5.09. The SMILES string of the molecule is COCCN(C(=O)CCc1cccc(Cl)c1Cl)C1CCS(=O)(=O)C1. The first-order chi connectivity index (χ1) is 11.3. The number of halogens is 2. The van der Waals surface area contributed by atoms with Crippen molar-refractivity contribution in [2.45, 2.75) is 25.3 Å². The van der Waals surface area contributed by atoms with Crippen molar-refractivity contribution in [3.05, 3.63) is 33.8 Å². The topological polar surface area (TPSA) is 63.7 Å². The molecule has 2 rings (SSSR count). The minimum Gasteiger partial charge on any atom is -0.383 e. The zero-order valence-corrected chi connectivity index (χ0v) is 15.8. The molecule has 8 heteroatoms. The molecule has 1 aliphatic heterocycles. The average Bonchev–Trinajstić information content (AvgIpc) is 2.89. The molecule has 1 aliphatic rings. The van der Waals surface area contributed by atoms with Gasteiger partial charge in [-0.15, -0.1) is 0 Å². The highest BCUT2D eigenvalue weighted by atomic mass is 35.5. The van der Waals surface area contributed by atoms with Crippen LogP contribution in [-0.4, -0.2) is 57.0 Å². The van der Waals surface area contributed by atoms with E-state index >= 15 is 0 Å². The van der Waals surface area contributed by atoms with E-state index in [1.54, 1.807) is 24.1 Å². The average molecular weight is 394 g/mol. The van der Waals surface area contributed by atoms with Crippen LogP contribution in [0.15, 0.2) is 18.2 Å². The van der Waals surface area contributed by atoms with Gasteiger partial charge in [0, 0.05) is 26.1 Å². The van der Waals surface area contributed by atoms with Gasteiger partial charge in [0.2, 0.25) is 5.91 Å². The molecule has 1 aromatic carbocycles. The van der Waals surface area contributed by atoms with E-state index in [2.05, 4.69) is 0 Å². The Labute approximate surface area is 152 Å². The van der Waals surface area contributed by atoms with Gasteiger partial charge in [0.1, 0.15) is 0 Å². The number of carbonyl (C=O) groups is 1. The zero-order chi connectivity index (χ0) is 17.7. The second-order valence-corrected chi connectivity index (χ2v) is 8.86. The summed E-state index contributed by atoms with van der Waals surface area (Å²) in [4.78, 5) is 14.2. The van der Waals surface area contributed by atoms with Crippen molar-refractivity contribution < 1.29 is 17.9 Å². The minimum atomic E-state index is -3.05. The standard InChI is InChI=1S/C16H21Cl2NO4S/c1-23-9-8-19(13-7-10-24(21,22)11-13)15(20)6-5-12-3-2-4-14(17)16(12)18/h2-4,13H,5-11H2,1H3. The van der Waals surface area contributed by atoms with Crippen LogP contribution in [0.4, 0.5) is 0 Å². The number of aryl methyl sites for hydroxylation is 1. The Kier molecular flexibility index (Phi) is 6.92. The fourth-order valence-electron chi connectivity index (χ4n) is 2.85. The predicted octanol–water partition coefficient (Wildman–Crippen LogP) is 2.59. The molecule has 0 aromatic heterocycles. The maximum atomic E-state index is 12.6. The van der Waals surface area contributed by atoms with Gasteiger partial charge in [0.15, 0.2) is 9.84 Å². The van der Waals surface area contributed by atoms with Crippen molar-refractivity contribution in [2.75, 3.05) is 31.8 Å². The molecule has 0 radical (unpaired) electrons. The van der Waals surface area contributed by atoms with Crippen molar-refractivity contribution in [3.8, 4) is 0 Å². The molecule has 1 heterocycles. The summed E-state index contributed by atoms with van der Waals surface area (Å²) in [5, 5.41) is 0.915. The van der Waals surface area contributed by atoms with Crippen LogP contribution in [0.3, 0.4) is 0 Å². The van der Waals surface area contributed by atoms with Gasteiger partial charge in [0.05, 0.1) is 28.2 Å². The molecule has 1 amide bonds. The number of carbonyl (C=O) groups excluding carboxylic acids is 1. The van der Waals surface area contributed by atoms with E-state index < -0.39 is 9.84 Å². The van der Waals surface area contributed by atoms with Crippen molar-refractivity contribution >= 4 is 38.9 Å². The number of methoxy groups -OCH3 is 1. The van der Waals surface area contributed by atoms with E-state index in [4.69, 9.17) is 27.9 Å². The number of hydrogen-bond donors (Lipinski definition) is 0. The largest absolute Gasteiger partial charge is 0.383 e. The fraction of sp³-hybridized carbons (Fsp3) is 0.562. The number of rotatable bonds is 7. The lowest BCUT2D eigenvalue weighted by Crippen LogP contribution is -2.43. The molecule has 24 heavy (non-hydrogen) atoms. The Morgan fingerprint density at radius 2 is 2.12 bits per heavy atom. The van der Waals surface area contributed by atoms with Crippen molar-refractivity contribution in [1.29, 1.82) is 0 Å². The lowest BCUT2D eigenvalue weighted by atomic mass is 10.1. The molecule has 1 aromatic rings. The molecule has 134 valence electrons. The van der Waals surface area contributed by atoms with Crippen LogP contribution in [-0.2, 0) is 25.8 Å². The van der Waals surface area contributed by atoms with Crippen LogP contribution in [0.5, 0.6) is 0 Å². The van der Waals surface area contributed by atoms with Crippen molar-refractivity contribution in [2.24, 2.45) is 0 Å². The van der Waals surface area contributed by atoms with Crippen molar-refractivity contribution in [1.82, 2.24) is 4.90 Å². The maximum Gasteiger partial charge on any atom is 0.223 e. The number of sulfone groups is 1. The highest BCUT2D eigenvalue weighted by Crippen LogP contribution is 2.27. The summed E-state index contributed by atoms with van der Waals surface area (Å²) in [6.45, 7) is 0.763. The third-order valence-corrected chi connectivity index (χ3v) is 6.75. The lowest BCUT2D eigenvalue weighted by molar-refractivity contribution is -0.133. The minimum absolute atomic E-state index is 0.0282. The molecule has 1 unspecified atom stereocenters. The molecule has 5 nitrogen and oxygen atoms in total. The molecule has 0 aliphatic carbocycles. The first-order valence-corrected chi connectivity index (χ1v) is 10.3. The number of ether oxygens (including phenoxy) is 1. The van der Waals surface area contributed by atoms with E-state index in [-0.39, 0.29) is 29.9 Å². The maximum absolute atomic E-state index is 12.6. The fourth-order valence-corrected chi connectivity index (χ4v) is 4.99. The molecule has 1 fully saturated rings.